The maximum atomic E-state index is 4.22. The second kappa shape index (κ2) is 7.15. The smallest absolute Gasteiger partial charge is 0.191 e. The summed E-state index contributed by atoms with van der Waals surface area (Å²) in [5.74, 6) is 1.75. The fourth-order valence-corrected chi connectivity index (χ4v) is 2.18. The lowest BCUT2D eigenvalue weighted by Gasteiger charge is -2.10. The van der Waals surface area contributed by atoms with Gasteiger partial charge in [0.05, 0.1) is 11.6 Å². The lowest BCUT2D eigenvalue weighted by molar-refractivity contribution is 0.739. The van der Waals surface area contributed by atoms with Crippen molar-refractivity contribution >= 4 is 41.3 Å². The summed E-state index contributed by atoms with van der Waals surface area (Å²) >= 11 is 1.72. The predicted molar refractivity (Wildman–Crippen MR) is 83.2 cm³/mol. The molecule has 0 bridgehead atoms. The zero-order valence-electron chi connectivity index (χ0n) is 10.2. The van der Waals surface area contributed by atoms with Crippen molar-refractivity contribution in [3.63, 3.8) is 0 Å². The number of aliphatic imine (C=N–C) groups is 1. The van der Waals surface area contributed by atoms with Gasteiger partial charge in [-0.05, 0) is 25.7 Å². The van der Waals surface area contributed by atoms with Gasteiger partial charge in [-0.3, -0.25) is 4.99 Å². The molecule has 0 spiro atoms. The van der Waals surface area contributed by atoms with Crippen LogP contribution in [0.3, 0.4) is 0 Å². The Morgan fingerprint density at radius 3 is 2.82 bits per heavy atom. The fraction of sp³-hybridized carbons (Fsp3) is 0.636. The molecule has 0 amide bonds. The molecule has 0 radical (unpaired) electrons. The van der Waals surface area contributed by atoms with Crippen molar-refractivity contribution in [2.45, 2.75) is 26.3 Å². The third kappa shape index (κ3) is 5.20. The minimum Gasteiger partial charge on any atom is -0.356 e. The van der Waals surface area contributed by atoms with Crippen LogP contribution in [0.4, 0.5) is 0 Å². The van der Waals surface area contributed by atoms with Crippen molar-refractivity contribution in [2.75, 3.05) is 13.6 Å². The Labute approximate surface area is 123 Å². The Morgan fingerprint density at radius 2 is 2.29 bits per heavy atom. The van der Waals surface area contributed by atoms with Crippen LogP contribution in [0.1, 0.15) is 22.7 Å². The number of nitrogens with one attached hydrogen (secondary N) is 2. The first-order valence-electron chi connectivity index (χ1n) is 5.63. The first-order valence-corrected chi connectivity index (χ1v) is 6.45. The van der Waals surface area contributed by atoms with Gasteiger partial charge >= 0.3 is 0 Å². The van der Waals surface area contributed by atoms with Crippen molar-refractivity contribution < 1.29 is 0 Å². The van der Waals surface area contributed by atoms with Gasteiger partial charge in [0, 0.05) is 24.7 Å². The largest absolute Gasteiger partial charge is 0.356 e. The molecule has 1 aliphatic rings. The third-order valence-corrected chi connectivity index (χ3v) is 3.49. The van der Waals surface area contributed by atoms with Gasteiger partial charge in [0.15, 0.2) is 5.96 Å². The summed E-state index contributed by atoms with van der Waals surface area (Å²) in [5, 5.41) is 7.73. The molecular weight excluding hydrogens is 347 g/mol. The maximum Gasteiger partial charge on any atom is 0.191 e. The molecule has 96 valence electrons. The number of aromatic nitrogens is 1. The molecule has 0 aromatic carbocycles. The minimum atomic E-state index is 0. The SMILES string of the molecule is CN=C(NCc1cnc(C)s1)NCC1CC1.I. The molecule has 0 aliphatic heterocycles. The molecule has 4 nitrogen and oxygen atoms in total. The highest BCUT2D eigenvalue weighted by Crippen LogP contribution is 2.27. The number of halogens is 1. The molecule has 1 saturated carbocycles. The summed E-state index contributed by atoms with van der Waals surface area (Å²) in [4.78, 5) is 9.65. The van der Waals surface area contributed by atoms with Gasteiger partial charge in [-0.2, -0.15) is 0 Å². The average Bonchev–Trinajstić information content (AvgIpc) is 3.02. The van der Waals surface area contributed by atoms with Gasteiger partial charge < -0.3 is 10.6 Å². The zero-order chi connectivity index (χ0) is 11.4. The van der Waals surface area contributed by atoms with Crippen LogP contribution in [0.15, 0.2) is 11.2 Å². The van der Waals surface area contributed by atoms with E-state index in [-0.39, 0.29) is 24.0 Å². The lowest BCUT2D eigenvalue weighted by atomic mass is 10.4. The van der Waals surface area contributed by atoms with E-state index in [2.05, 4.69) is 20.6 Å². The van der Waals surface area contributed by atoms with Gasteiger partial charge in [0.2, 0.25) is 0 Å². The maximum absolute atomic E-state index is 4.22. The Bertz CT molecular complexity index is 373. The van der Waals surface area contributed by atoms with Gasteiger partial charge in [-0.15, -0.1) is 35.3 Å². The topological polar surface area (TPSA) is 49.3 Å². The number of rotatable bonds is 4. The summed E-state index contributed by atoms with van der Waals surface area (Å²) in [7, 11) is 1.81. The molecule has 17 heavy (non-hydrogen) atoms. The highest BCUT2D eigenvalue weighted by molar-refractivity contribution is 14.0. The number of thiazole rings is 1. The molecular formula is C11H19IN4S. The second-order valence-corrected chi connectivity index (χ2v) is 5.41. The Kier molecular flexibility index (Phi) is 6.18. The summed E-state index contributed by atoms with van der Waals surface area (Å²) in [6.45, 7) is 3.87. The summed E-state index contributed by atoms with van der Waals surface area (Å²) < 4.78 is 0. The number of aryl methyl sites for hydroxylation is 1. The fourth-order valence-electron chi connectivity index (χ4n) is 1.44. The van der Waals surface area contributed by atoms with E-state index in [0.717, 1.165) is 30.0 Å². The van der Waals surface area contributed by atoms with Gasteiger partial charge in [0.25, 0.3) is 0 Å². The summed E-state index contributed by atoms with van der Waals surface area (Å²) in [5.41, 5.74) is 0. The molecule has 1 heterocycles. The van der Waals surface area contributed by atoms with Crippen molar-refractivity contribution in [3.05, 3.63) is 16.1 Å². The van der Waals surface area contributed by atoms with Gasteiger partial charge in [-0.25, -0.2) is 4.98 Å². The monoisotopic (exact) mass is 366 g/mol. The van der Waals surface area contributed by atoms with E-state index in [0.29, 0.717) is 0 Å². The third-order valence-electron chi connectivity index (χ3n) is 2.58. The van der Waals surface area contributed by atoms with E-state index in [1.165, 1.54) is 17.7 Å². The quantitative estimate of drug-likeness (QED) is 0.488. The summed E-state index contributed by atoms with van der Waals surface area (Å²) in [6.07, 6.45) is 4.64. The molecule has 2 rings (SSSR count). The van der Waals surface area contributed by atoms with Gasteiger partial charge in [-0.1, -0.05) is 0 Å². The molecule has 2 N–H and O–H groups in total. The Hall–Kier alpha value is -0.370. The number of nitrogens with zero attached hydrogens (tertiary/aromatic N) is 2. The van der Waals surface area contributed by atoms with Crippen LogP contribution >= 0.6 is 35.3 Å². The second-order valence-electron chi connectivity index (χ2n) is 4.10. The first-order chi connectivity index (χ1) is 7.78. The van der Waals surface area contributed by atoms with Crippen molar-refractivity contribution in [3.8, 4) is 0 Å². The molecule has 1 aliphatic carbocycles. The Balaban J connectivity index is 0.00000144. The molecule has 0 unspecified atom stereocenters. The van der Waals surface area contributed by atoms with E-state index in [4.69, 9.17) is 0 Å². The van der Waals surface area contributed by atoms with Crippen LogP contribution in [-0.2, 0) is 6.54 Å². The number of hydrogen-bond acceptors (Lipinski definition) is 3. The predicted octanol–water partition coefficient (Wildman–Crippen LogP) is 2.14. The molecule has 0 atom stereocenters. The van der Waals surface area contributed by atoms with Crippen LogP contribution in [0.2, 0.25) is 0 Å². The van der Waals surface area contributed by atoms with Crippen molar-refractivity contribution in [1.29, 1.82) is 0 Å². The molecule has 1 aromatic heterocycles. The van der Waals surface area contributed by atoms with E-state index < -0.39 is 0 Å². The molecule has 0 saturated heterocycles. The van der Waals surface area contributed by atoms with Crippen LogP contribution in [0.5, 0.6) is 0 Å². The number of guanidine groups is 1. The lowest BCUT2D eigenvalue weighted by Crippen LogP contribution is -2.37. The van der Waals surface area contributed by atoms with Crippen LogP contribution in [0.25, 0.3) is 0 Å². The molecule has 6 heteroatoms. The van der Waals surface area contributed by atoms with Gasteiger partial charge in [0.1, 0.15) is 0 Å². The standard InChI is InChI=1S/C11H18N4S.HI/c1-8-13-6-10(16-8)7-15-11(12-2)14-5-9-3-4-9;/h6,9H,3-5,7H2,1-2H3,(H2,12,14,15);1H. The van der Waals surface area contributed by atoms with Crippen molar-refractivity contribution in [1.82, 2.24) is 15.6 Å². The highest BCUT2D eigenvalue weighted by atomic mass is 127. The van der Waals surface area contributed by atoms with E-state index in [1.807, 2.05) is 13.1 Å². The van der Waals surface area contributed by atoms with E-state index in [1.54, 1.807) is 18.4 Å². The van der Waals surface area contributed by atoms with Crippen LogP contribution in [-0.4, -0.2) is 24.5 Å². The van der Waals surface area contributed by atoms with Crippen molar-refractivity contribution in [2.24, 2.45) is 10.9 Å². The Morgan fingerprint density at radius 1 is 1.53 bits per heavy atom. The molecule has 1 fully saturated rings. The van der Waals surface area contributed by atoms with E-state index >= 15 is 0 Å². The minimum absolute atomic E-state index is 0. The average molecular weight is 366 g/mol. The molecule has 1 aromatic rings. The van der Waals surface area contributed by atoms with E-state index in [9.17, 15) is 0 Å². The first kappa shape index (κ1) is 14.7. The van der Waals surface area contributed by atoms with Crippen LogP contribution < -0.4 is 10.6 Å². The number of hydrogen-bond donors (Lipinski definition) is 2. The van der Waals surface area contributed by atoms with Crippen LogP contribution in [0, 0.1) is 12.8 Å². The zero-order valence-corrected chi connectivity index (χ0v) is 13.3. The highest BCUT2D eigenvalue weighted by Gasteiger charge is 2.20. The normalized spacial score (nSPS) is 15.3. The summed E-state index contributed by atoms with van der Waals surface area (Å²) in [6, 6.07) is 0.